The van der Waals surface area contributed by atoms with Crippen LogP contribution in [0, 0.1) is 0 Å². The molecule has 3 nitrogen and oxygen atoms in total. The summed E-state index contributed by atoms with van der Waals surface area (Å²) >= 11 is 6.34. The third kappa shape index (κ3) is 4.64. The van der Waals surface area contributed by atoms with Crippen molar-refractivity contribution in [1.82, 2.24) is 5.32 Å². The molecule has 26 heavy (non-hydrogen) atoms. The molecule has 0 unspecified atom stereocenters. The molecule has 0 fully saturated rings. The van der Waals surface area contributed by atoms with Crippen molar-refractivity contribution >= 4 is 17.5 Å². The van der Waals surface area contributed by atoms with Gasteiger partial charge in [-0.15, -0.1) is 0 Å². The Kier molecular flexibility index (Phi) is 5.92. The van der Waals surface area contributed by atoms with Gasteiger partial charge in [0.2, 0.25) is 0 Å². The Morgan fingerprint density at radius 1 is 0.962 bits per heavy atom. The number of carbonyl (C=O) groups excluding carboxylic acids is 1. The topological polar surface area (TPSA) is 38.3 Å². The predicted molar refractivity (Wildman–Crippen MR) is 105 cm³/mol. The monoisotopic (exact) mass is 365 g/mol. The second-order valence-electron chi connectivity index (χ2n) is 5.97. The quantitative estimate of drug-likeness (QED) is 0.660. The van der Waals surface area contributed by atoms with E-state index in [0.717, 1.165) is 16.7 Å². The fourth-order valence-corrected chi connectivity index (χ4v) is 2.80. The van der Waals surface area contributed by atoms with Gasteiger partial charge in [0.1, 0.15) is 5.75 Å². The van der Waals surface area contributed by atoms with Gasteiger partial charge in [-0.25, -0.2) is 0 Å². The smallest absolute Gasteiger partial charge is 0.261 e. The highest BCUT2D eigenvalue weighted by molar-refractivity contribution is 6.32. The maximum Gasteiger partial charge on any atom is 0.261 e. The van der Waals surface area contributed by atoms with E-state index in [1.54, 1.807) is 13.0 Å². The van der Waals surface area contributed by atoms with Crippen molar-refractivity contribution < 1.29 is 9.53 Å². The average molecular weight is 366 g/mol. The first-order valence-electron chi connectivity index (χ1n) is 8.47. The molecular formula is C22H20ClNO2. The van der Waals surface area contributed by atoms with Crippen LogP contribution in [0.3, 0.4) is 0 Å². The van der Waals surface area contributed by atoms with Crippen molar-refractivity contribution in [2.75, 3.05) is 0 Å². The van der Waals surface area contributed by atoms with Crippen molar-refractivity contribution in [3.8, 4) is 16.9 Å². The Morgan fingerprint density at radius 2 is 1.62 bits per heavy atom. The molecule has 1 amide bonds. The molecule has 0 aliphatic carbocycles. The van der Waals surface area contributed by atoms with Gasteiger partial charge < -0.3 is 10.1 Å². The number of halogens is 1. The first-order chi connectivity index (χ1) is 12.6. The number of nitrogens with one attached hydrogen (secondary N) is 1. The summed E-state index contributed by atoms with van der Waals surface area (Å²) in [5.41, 5.74) is 3.12. The van der Waals surface area contributed by atoms with E-state index in [4.69, 9.17) is 16.3 Å². The normalized spacial score (nSPS) is 11.6. The lowest BCUT2D eigenvalue weighted by atomic mass is 10.1. The van der Waals surface area contributed by atoms with Crippen LogP contribution in [0.4, 0.5) is 0 Å². The number of benzene rings is 3. The van der Waals surface area contributed by atoms with Gasteiger partial charge in [-0.3, -0.25) is 4.79 Å². The van der Waals surface area contributed by atoms with Crippen LogP contribution in [-0.4, -0.2) is 12.0 Å². The maximum absolute atomic E-state index is 12.2. The number of rotatable bonds is 6. The lowest BCUT2D eigenvalue weighted by molar-refractivity contribution is -0.127. The number of ether oxygens (including phenoxy) is 1. The van der Waals surface area contributed by atoms with E-state index in [2.05, 4.69) is 5.32 Å². The summed E-state index contributed by atoms with van der Waals surface area (Å²) in [6.07, 6.45) is -0.640. The molecule has 0 saturated heterocycles. The zero-order valence-electron chi connectivity index (χ0n) is 14.5. The highest BCUT2D eigenvalue weighted by atomic mass is 35.5. The zero-order valence-corrected chi connectivity index (χ0v) is 15.2. The molecule has 3 aromatic rings. The molecule has 0 bridgehead atoms. The van der Waals surface area contributed by atoms with Crippen LogP contribution in [0.5, 0.6) is 5.75 Å². The molecule has 4 heteroatoms. The molecule has 0 aliphatic heterocycles. The highest BCUT2D eigenvalue weighted by Gasteiger charge is 2.16. The van der Waals surface area contributed by atoms with Crippen LogP contribution in [0.15, 0.2) is 78.9 Å². The molecule has 0 aromatic heterocycles. The van der Waals surface area contributed by atoms with E-state index in [1.807, 2.05) is 72.8 Å². The van der Waals surface area contributed by atoms with Gasteiger partial charge in [-0.1, -0.05) is 78.3 Å². The molecule has 0 heterocycles. The van der Waals surface area contributed by atoms with Gasteiger partial charge in [0.15, 0.2) is 6.10 Å². The van der Waals surface area contributed by atoms with Crippen molar-refractivity contribution in [3.05, 3.63) is 89.4 Å². The summed E-state index contributed by atoms with van der Waals surface area (Å²) in [6.45, 7) is 2.18. The Balaban J connectivity index is 1.61. The molecule has 0 saturated carbocycles. The van der Waals surface area contributed by atoms with Gasteiger partial charge in [0.25, 0.3) is 5.91 Å². The van der Waals surface area contributed by atoms with Gasteiger partial charge in [-0.05, 0) is 35.7 Å². The highest BCUT2D eigenvalue weighted by Crippen LogP contribution is 2.31. The van der Waals surface area contributed by atoms with E-state index < -0.39 is 6.10 Å². The van der Waals surface area contributed by atoms with Crippen LogP contribution in [0.1, 0.15) is 12.5 Å². The van der Waals surface area contributed by atoms with E-state index >= 15 is 0 Å². The number of carbonyl (C=O) groups is 1. The summed E-state index contributed by atoms with van der Waals surface area (Å²) < 4.78 is 5.74. The summed E-state index contributed by atoms with van der Waals surface area (Å²) in [6, 6.07) is 25.3. The van der Waals surface area contributed by atoms with Crippen molar-refractivity contribution in [2.45, 2.75) is 19.6 Å². The molecule has 1 atom stereocenters. The predicted octanol–water partition coefficient (Wildman–Crippen LogP) is 5.09. The minimum atomic E-state index is -0.640. The second-order valence-corrected chi connectivity index (χ2v) is 6.38. The van der Waals surface area contributed by atoms with Crippen molar-refractivity contribution in [1.29, 1.82) is 0 Å². The number of hydrogen-bond acceptors (Lipinski definition) is 2. The number of amides is 1. The summed E-state index contributed by atoms with van der Waals surface area (Å²) in [5.74, 6) is 0.311. The van der Waals surface area contributed by atoms with Crippen LogP contribution in [0.25, 0.3) is 11.1 Å². The Labute approximate surface area is 158 Å². The SMILES string of the molecule is C[C@@H](Oc1ccc(-c2ccccc2)cc1Cl)C(=O)NCc1ccccc1. The molecule has 0 radical (unpaired) electrons. The maximum atomic E-state index is 12.2. The summed E-state index contributed by atoms with van der Waals surface area (Å²) in [7, 11) is 0. The molecule has 0 spiro atoms. The zero-order chi connectivity index (χ0) is 18.4. The fourth-order valence-electron chi connectivity index (χ4n) is 2.58. The Hall–Kier alpha value is -2.78. The Bertz CT molecular complexity index is 866. The van der Waals surface area contributed by atoms with Crippen molar-refractivity contribution in [3.63, 3.8) is 0 Å². The average Bonchev–Trinajstić information content (AvgIpc) is 2.69. The van der Waals surface area contributed by atoms with Crippen LogP contribution >= 0.6 is 11.6 Å². The first kappa shape index (κ1) is 18.0. The molecule has 132 valence electrons. The standard InChI is InChI=1S/C22H20ClNO2/c1-16(22(25)24-15-17-8-4-2-5-9-17)26-21-13-12-19(14-20(21)23)18-10-6-3-7-11-18/h2-14,16H,15H2,1H3,(H,24,25)/t16-/m1/s1. The van der Waals surface area contributed by atoms with Crippen LogP contribution in [0.2, 0.25) is 5.02 Å². The lowest BCUT2D eigenvalue weighted by Crippen LogP contribution is -2.35. The molecular weight excluding hydrogens is 346 g/mol. The van der Waals surface area contributed by atoms with E-state index in [1.165, 1.54) is 0 Å². The molecule has 1 N–H and O–H groups in total. The fraction of sp³-hybridized carbons (Fsp3) is 0.136. The second kappa shape index (κ2) is 8.54. The van der Waals surface area contributed by atoms with E-state index in [-0.39, 0.29) is 5.91 Å². The largest absolute Gasteiger partial charge is 0.479 e. The third-order valence-electron chi connectivity index (χ3n) is 4.02. The van der Waals surface area contributed by atoms with Crippen LogP contribution in [-0.2, 0) is 11.3 Å². The lowest BCUT2D eigenvalue weighted by Gasteiger charge is -2.16. The minimum Gasteiger partial charge on any atom is -0.479 e. The molecule has 0 aliphatic rings. The number of hydrogen-bond donors (Lipinski definition) is 1. The van der Waals surface area contributed by atoms with Gasteiger partial charge >= 0.3 is 0 Å². The molecule has 3 aromatic carbocycles. The Morgan fingerprint density at radius 3 is 2.27 bits per heavy atom. The van der Waals surface area contributed by atoms with Gasteiger partial charge in [0, 0.05) is 6.54 Å². The van der Waals surface area contributed by atoms with E-state index in [0.29, 0.717) is 17.3 Å². The van der Waals surface area contributed by atoms with Crippen LogP contribution < -0.4 is 10.1 Å². The van der Waals surface area contributed by atoms with Crippen molar-refractivity contribution in [2.24, 2.45) is 0 Å². The van der Waals surface area contributed by atoms with E-state index in [9.17, 15) is 4.79 Å². The summed E-state index contributed by atoms with van der Waals surface area (Å²) in [4.78, 5) is 12.2. The third-order valence-corrected chi connectivity index (χ3v) is 4.32. The van der Waals surface area contributed by atoms with Gasteiger partial charge in [-0.2, -0.15) is 0 Å². The minimum absolute atomic E-state index is 0.183. The molecule has 3 rings (SSSR count). The summed E-state index contributed by atoms with van der Waals surface area (Å²) in [5, 5.41) is 3.35. The first-order valence-corrected chi connectivity index (χ1v) is 8.84. The van der Waals surface area contributed by atoms with Gasteiger partial charge in [0.05, 0.1) is 5.02 Å².